The van der Waals surface area contributed by atoms with E-state index < -0.39 is 21.4 Å². The number of hydrogen-bond acceptors (Lipinski definition) is 3. The van der Waals surface area contributed by atoms with Crippen molar-refractivity contribution in [3.05, 3.63) is 29.0 Å². The number of rotatable bonds is 4. The van der Waals surface area contributed by atoms with Gasteiger partial charge in [-0.1, -0.05) is 31.4 Å². The van der Waals surface area contributed by atoms with Crippen LogP contribution in [0.1, 0.15) is 32.6 Å². The average molecular weight is 335 g/mol. The van der Waals surface area contributed by atoms with Crippen LogP contribution in [-0.2, 0) is 10.0 Å². The average Bonchev–Trinajstić information content (AvgIpc) is 2.44. The molecule has 1 aliphatic rings. The Morgan fingerprint density at radius 1 is 1.48 bits per heavy atom. The first-order chi connectivity index (χ1) is 9.81. The van der Waals surface area contributed by atoms with E-state index in [4.69, 9.17) is 17.3 Å². The summed E-state index contributed by atoms with van der Waals surface area (Å²) in [6.45, 7) is 2.20. The van der Waals surface area contributed by atoms with Crippen LogP contribution in [-0.4, -0.2) is 20.5 Å². The van der Waals surface area contributed by atoms with E-state index in [2.05, 4.69) is 4.72 Å². The van der Waals surface area contributed by atoms with Crippen molar-refractivity contribution < 1.29 is 12.8 Å². The third-order valence-corrected chi connectivity index (χ3v) is 6.37. The van der Waals surface area contributed by atoms with Gasteiger partial charge in [-0.15, -0.1) is 0 Å². The maximum atomic E-state index is 13.3. The van der Waals surface area contributed by atoms with E-state index in [1.165, 1.54) is 6.07 Å². The molecule has 2 rings (SSSR count). The highest BCUT2D eigenvalue weighted by Crippen LogP contribution is 2.35. The fourth-order valence-corrected chi connectivity index (χ4v) is 4.96. The monoisotopic (exact) mass is 334 g/mol. The Morgan fingerprint density at radius 2 is 2.19 bits per heavy atom. The molecule has 0 radical (unpaired) electrons. The molecule has 0 spiro atoms. The van der Waals surface area contributed by atoms with Crippen LogP contribution in [0.25, 0.3) is 0 Å². The third-order valence-electron chi connectivity index (χ3n) is 4.34. The molecule has 1 aliphatic carbocycles. The van der Waals surface area contributed by atoms with E-state index in [0.29, 0.717) is 6.42 Å². The lowest BCUT2D eigenvalue weighted by Gasteiger charge is -2.42. The molecule has 7 heteroatoms. The molecule has 118 valence electrons. The van der Waals surface area contributed by atoms with Crippen LogP contribution in [0.15, 0.2) is 23.1 Å². The van der Waals surface area contributed by atoms with Crippen LogP contribution in [0.2, 0.25) is 5.02 Å². The van der Waals surface area contributed by atoms with Gasteiger partial charge in [0.25, 0.3) is 0 Å². The maximum absolute atomic E-state index is 13.3. The highest BCUT2D eigenvalue weighted by atomic mass is 35.5. The van der Waals surface area contributed by atoms with Crippen molar-refractivity contribution >= 4 is 21.6 Å². The Hall–Kier alpha value is -0.690. The fraction of sp³-hybridized carbons (Fsp3) is 0.571. The number of nitrogens with one attached hydrogen (secondary N) is 1. The van der Waals surface area contributed by atoms with Gasteiger partial charge in [0.1, 0.15) is 10.7 Å². The number of hydrogen-bond donors (Lipinski definition) is 2. The Balaban J connectivity index is 2.37. The molecule has 1 saturated carbocycles. The van der Waals surface area contributed by atoms with E-state index >= 15 is 0 Å². The van der Waals surface area contributed by atoms with Crippen molar-refractivity contribution in [2.24, 2.45) is 11.7 Å². The van der Waals surface area contributed by atoms with E-state index in [0.717, 1.165) is 31.4 Å². The summed E-state index contributed by atoms with van der Waals surface area (Å²) in [4.78, 5) is -0.241. The first-order valence-corrected chi connectivity index (χ1v) is 8.86. The largest absolute Gasteiger partial charge is 0.329 e. The van der Waals surface area contributed by atoms with Crippen LogP contribution in [0, 0.1) is 11.7 Å². The van der Waals surface area contributed by atoms with Gasteiger partial charge in [-0.3, -0.25) is 0 Å². The molecule has 4 nitrogen and oxygen atoms in total. The topological polar surface area (TPSA) is 72.2 Å². The van der Waals surface area contributed by atoms with E-state index in [9.17, 15) is 12.8 Å². The quantitative estimate of drug-likeness (QED) is 0.889. The predicted molar refractivity (Wildman–Crippen MR) is 81.1 cm³/mol. The molecule has 0 heterocycles. The molecule has 1 aromatic rings. The summed E-state index contributed by atoms with van der Waals surface area (Å²) >= 11 is 5.91. The minimum atomic E-state index is -3.92. The summed E-state index contributed by atoms with van der Waals surface area (Å²) in [5, 5.41) is -0.000432. The number of halogens is 2. The van der Waals surface area contributed by atoms with E-state index in [1.807, 2.05) is 6.92 Å². The van der Waals surface area contributed by atoms with Crippen molar-refractivity contribution in [3.8, 4) is 0 Å². The van der Waals surface area contributed by atoms with Gasteiger partial charge in [-0.25, -0.2) is 17.5 Å². The molecule has 21 heavy (non-hydrogen) atoms. The highest BCUT2D eigenvalue weighted by molar-refractivity contribution is 7.89. The molecule has 2 unspecified atom stereocenters. The van der Waals surface area contributed by atoms with Crippen LogP contribution in [0.3, 0.4) is 0 Å². The van der Waals surface area contributed by atoms with Crippen molar-refractivity contribution in [2.75, 3.05) is 6.54 Å². The van der Waals surface area contributed by atoms with Gasteiger partial charge < -0.3 is 5.73 Å². The van der Waals surface area contributed by atoms with Crippen LogP contribution in [0.4, 0.5) is 4.39 Å². The summed E-state index contributed by atoms with van der Waals surface area (Å²) < 4.78 is 41.2. The second-order valence-electron chi connectivity index (χ2n) is 5.69. The molecule has 0 aliphatic heterocycles. The van der Waals surface area contributed by atoms with E-state index in [1.54, 1.807) is 0 Å². The highest BCUT2D eigenvalue weighted by Gasteiger charge is 2.41. The van der Waals surface area contributed by atoms with Crippen LogP contribution < -0.4 is 10.5 Å². The molecule has 1 fully saturated rings. The molecule has 0 bridgehead atoms. The van der Waals surface area contributed by atoms with Gasteiger partial charge in [-0.05, 0) is 37.0 Å². The van der Waals surface area contributed by atoms with Gasteiger partial charge in [0.05, 0.1) is 5.02 Å². The molecule has 0 aromatic heterocycles. The molecule has 3 N–H and O–H groups in total. The van der Waals surface area contributed by atoms with Crippen molar-refractivity contribution in [1.29, 1.82) is 0 Å². The first-order valence-electron chi connectivity index (χ1n) is 7.00. The smallest absolute Gasteiger partial charge is 0.242 e. The molecule has 0 saturated heterocycles. The number of sulfonamides is 1. The van der Waals surface area contributed by atoms with Gasteiger partial charge in [0.2, 0.25) is 10.0 Å². The minimum absolute atomic E-state index is 0.000432. The molecular formula is C14H20ClFN2O2S. The lowest BCUT2D eigenvalue weighted by atomic mass is 9.74. The van der Waals surface area contributed by atoms with E-state index in [-0.39, 0.29) is 22.4 Å². The normalized spacial score (nSPS) is 26.8. The van der Waals surface area contributed by atoms with Crippen molar-refractivity contribution in [1.82, 2.24) is 4.72 Å². The third kappa shape index (κ3) is 3.39. The lowest BCUT2D eigenvalue weighted by molar-refractivity contribution is 0.191. The zero-order valence-electron chi connectivity index (χ0n) is 11.9. The minimum Gasteiger partial charge on any atom is -0.329 e. The molecule has 2 atom stereocenters. The summed E-state index contributed by atoms with van der Waals surface area (Å²) in [6.07, 6.45) is 3.57. The van der Waals surface area contributed by atoms with Gasteiger partial charge in [0.15, 0.2) is 0 Å². The number of benzene rings is 1. The van der Waals surface area contributed by atoms with Crippen LogP contribution in [0.5, 0.6) is 0 Å². The van der Waals surface area contributed by atoms with Crippen molar-refractivity contribution in [3.63, 3.8) is 0 Å². The maximum Gasteiger partial charge on any atom is 0.242 e. The summed E-state index contributed by atoms with van der Waals surface area (Å²) in [5.41, 5.74) is 5.16. The first kappa shape index (κ1) is 16.7. The summed E-state index contributed by atoms with van der Waals surface area (Å²) in [7, 11) is -3.92. The second kappa shape index (κ2) is 6.20. The molecule has 0 amide bonds. The SMILES string of the molecule is CC1CCCCC1(CN)NS(=O)(=O)c1cc(F)ccc1Cl. The number of nitrogens with two attached hydrogens (primary N) is 1. The zero-order chi connectivity index (χ0) is 15.7. The predicted octanol–water partition coefficient (Wildman–Crippen LogP) is 2.67. The second-order valence-corrected chi connectivity index (χ2v) is 7.75. The summed E-state index contributed by atoms with van der Waals surface area (Å²) in [6, 6.07) is 3.30. The Bertz CT molecular complexity index is 623. The zero-order valence-corrected chi connectivity index (χ0v) is 13.5. The van der Waals surface area contributed by atoms with Crippen LogP contribution >= 0.6 is 11.6 Å². The lowest BCUT2D eigenvalue weighted by Crippen LogP contribution is -2.58. The summed E-state index contributed by atoms with van der Waals surface area (Å²) in [5.74, 6) is -0.517. The fourth-order valence-electron chi connectivity index (χ4n) is 2.92. The van der Waals surface area contributed by atoms with Gasteiger partial charge >= 0.3 is 0 Å². The van der Waals surface area contributed by atoms with Crippen molar-refractivity contribution in [2.45, 2.75) is 43.0 Å². The Morgan fingerprint density at radius 3 is 2.81 bits per heavy atom. The molecular weight excluding hydrogens is 315 g/mol. The Labute approximate surface area is 129 Å². The Kier molecular flexibility index (Phi) is 4.92. The molecule has 1 aromatic carbocycles. The standard InChI is InChI=1S/C14H20ClFN2O2S/c1-10-4-2-3-7-14(10,9-17)18-21(19,20)13-8-11(16)5-6-12(13)15/h5-6,8,10,18H,2-4,7,9,17H2,1H3. The van der Waals surface area contributed by atoms with Gasteiger partial charge in [-0.2, -0.15) is 0 Å². The van der Waals surface area contributed by atoms with Gasteiger partial charge in [0, 0.05) is 12.1 Å².